The number of imidazole rings is 1. The fraction of sp³-hybridized carbons (Fsp3) is 0.176. The molecule has 4 aromatic rings. The number of phenolic OH excluding ortho intramolecular Hbond substituents is 1. The van der Waals surface area contributed by atoms with E-state index in [0.717, 1.165) is 16.9 Å². The van der Waals surface area contributed by atoms with Crippen LogP contribution in [0.3, 0.4) is 0 Å². The molecule has 0 aliphatic rings. The van der Waals surface area contributed by atoms with E-state index in [1.807, 2.05) is 17.5 Å². The van der Waals surface area contributed by atoms with Crippen LogP contribution in [0.25, 0.3) is 22.4 Å². The van der Waals surface area contributed by atoms with E-state index in [1.165, 1.54) is 6.07 Å². The van der Waals surface area contributed by atoms with Gasteiger partial charge in [0.2, 0.25) is 0 Å². The second kappa shape index (κ2) is 4.70. The highest BCUT2D eigenvalue weighted by Crippen LogP contribution is 2.35. The molecule has 7 heteroatoms. The summed E-state index contributed by atoms with van der Waals surface area (Å²) < 4.78 is 17.4. The molecule has 3 N–H and O–H groups in total. The van der Waals surface area contributed by atoms with Gasteiger partial charge < -0.3 is 10.8 Å². The summed E-state index contributed by atoms with van der Waals surface area (Å²) in [6, 6.07) is 3.09. The fourth-order valence-electron chi connectivity index (χ4n) is 3.26. The first kappa shape index (κ1) is 14.5. The molecule has 0 spiro atoms. The van der Waals surface area contributed by atoms with Gasteiger partial charge in [0.15, 0.2) is 17.2 Å². The lowest BCUT2D eigenvalue weighted by molar-refractivity contribution is 0.428. The predicted octanol–water partition coefficient (Wildman–Crippen LogP) is 3.03. The smallest absolute Gasteiger partial charge is 0.165 e. The van der Waals surface area contributed by atoms with Gasteiger partial charge >= 0.3 is 0 Å². The molecule has 24 heavy (non-hydrogen) atoms. The van der Waals surface area contributed by atoms with Crippen LogP contribution in [0.15, 0.2) is 24.5 Å². The van der Waals surface area contributed by atoms with Crippen molar-refractivity contribution in [3.63, 3.8) is 0 Å². The van der Waals surface area contributed by atoms with Crippen LogP contribution in [0.2, 0.25) is 0 Å². The number of fused-ring (bicyclic) bond motifs is 3. The highest BCUT2D eigenvalue weighted by Gasteiger charge is 2.20. The molecule has 0 saturated heterocycles. The van der Waals surface area contributed by atoms with E-state index in [0.29, 0.717) is 28.3 Å². The van der Waals surface area contributed by atoms with Crippen molar-refractivity contribution in [1.82, 2.24) is 18.9 Å². The molecule has 0 unspecified atom stereocenters. The summed E-state index contributed by atoms with van der Waals surface area (Å²) in [5.41, 5.74) is 9.32. The Morgan fingerprint density at radius 2 is 1.92 bits per heavy atom. The molecule has 122 valence electrons. The van der Waals surface area contributed by atoms with E-state index in [2.05, 4.69) is 9.97 Å². The van der Waals surface area contributed by atoms with Crippen molar-refractivity contribution in [2.45, 2.75) is 20.8 Å². The first-order valence-corrected chi connectivity index (χ1v) is 7.49. The maximum Gasteiger partial charge on any atom is 0.165 e. The maximum atomic E-state index is 13.8. The zero-order valence-electron chi connectivity index (χ0n) is 13.5. The summed E-state index contributed by atoms with van der Waals surface area (Å²) >= 11 is 0. The van der Waals surface area contributed by atoms with Crippen molar-refractivity contribution in [2.24, 2.45) is 0 Å². The van der Waals surface area contributed by atoms with Crippen molar-refractivity contribution in [3.8, 4) is 11.4 Å². The van der Waals surface area contributed by atoms with Crippen LogP contribution in [0, 0.1) is 26.6 Å². The summed E-state index contributed by atoms with van der Waals surface area (Å²) in [5, 5.41) is 10.8. The van der Waals surface area contributed by atoms with Gasteiger partial charge in [-0.1, -0.05) is 0 Å². The molecule has 0 fully saturated rings. The van der Waals surface area contributed by atoms with Gasteiger partial charge in [0.25, 0.3) is 0 Å². The van der Waals surface area contributed by atoms with Crippen molar-refractivity contribution in [2.75, 3.05) is 5.73 Å². The van der Waals surface area contributed by atoms with E-state index in [9.17, 15) is 9.50 Å². The van der Waals surface area contributed by atoms with Crippen molar-refractivity contribution in [1.29, 1.82) is 0 Å². The molecule has 0 amide bonds. The molecule has 0 bridgehead atoms. The third-order valence-electron chi connectivity index (χ3n) is 4.38. The van der Waals surface area contributed by atoms with E-state index >= 15 is 0 Å². The minimum absolute atomic E-state index is 0.379. The number of aryl methyl sites for hydroxylation is 2. The Bertz CT molecular complexity index is 1130. The lowest BCUT2D eigenvalue weighted by Crippen LogP contribution is -2.07. The summed E-state index contributed by atoms with van der Waals surface area (Å²) in [4.78, 5) is 9.02. The summed E-state index contributed by atoms with van der Waals surface area (Å²) in [7, 11) is 0. The van der Waals surface area contributed by atoms with Crippen molar-refractivity contribution < 1.29 is 9.50 Å². The maximum absolute atomic E-state index is 13.8. The second-order valence-electron chi connectivity index (χ2n) is 5.92. The highest BCUT2D eigenvalue weighted by atomic mass is 19.1. The van der Waals surface area contributed by atoms with Crippen LogP contribution in [0.5, 0.6) is 5.75 Å². The monoisotopic (exact) mass is 325 g/mol. The van der Waals surface area contributed by atoms with Gasteiger partial charge in [-0.15, -0.1) is 0 Å². The molecular formula is C17H16FN5O. The summed E-state index contributed by atoms with van der Waals surface area (Å²) in [5.74, 6) is 0.181. The predicted molar refractivity (Wildman–Crippen MR) is 90.1 cm³/mol. The van der Waals surface area contributed by atoms with Crippen LogP contribution in [0.4, 0.5) is 10.2 Å². The van der Waals surface area contributed by atoms with Crippen LogP contribution in [-0.4, -0.2) is 24.0 Å². The number of hydrogen-bond acceptors (Lipinski definition) is 4. The number of anilines is 1. The van der Waals surface area contributed by atoms with Gasteiger partial charge in [0, 0.05) is 18.0 Å². The molecule has 4 rings (SSSR count). The Labute approximate surface area is 137 Å². The molecule has 6 nitrogen and oxygen atoms in total. The lowest BCUT2D eigenvalue weighted by Gasteiger charge is -2.16. The molecule has 3 aromatic heterocycles. The molecule has 0 aliphatic carbocycles. The number of aromatic hydroxyl groups is 1. The summed E-state index contributed by atoms with van der Waals surface area (Å²) in [6.45, 7) is 5.31. The first-order valence-electron chi connectivity index (χ1n) is 7.49. The SMILES string of the molecule is Cc1cc(F)c(O)c(C)c1-n1c(N)cc2c1nc(C)n1ccnc21. The van der Waals surface area contributed by atoms with Crippen molar-refractivity contribution >= 4 is 22.5 Å². The highest BCUT2D eigenvalue weighted by molar-refractivity contribution is 5.94. The zero-order valence-corrected chi connectivity index (χ0v) is 13.5. The largest absolute Gasteiger partial charge is 0.505 e. The Morgan fingerprint density at radius 1 is 1.17 bits per heavy atom. The number of benzene rings is 1. The van der Waals surface area contributed by atoms with Gasteiger partial charge in [-0.2, -0.15) is 0 Å². The Hall–Kier alpha value is -3.09. The van der Waals surface area contributed by atoms with E-state index in [1.54, 1.807) is 30.7 Å². The Balaban J connectivity index is 2.18. The minimum atomic E-state index is -0.649. The first-order chi connectivity index (χ1) is 11.4. The normalized spacial score (nSPS) is 11.7. The lowest BCUT2D eigenvalue weighted by atomic mass is 10.1. The van der Waals surface area contributed by atoms with E-state index in [-0.39, 0.29) is 5.75 Å². The van der Waals surface area contributed by atoms with Crippen LogP contribution in [0.1, 0.15) is 17.0 Å². The average molecular weight is 325 g/mol. The second-order valence-corrected chi connectivity index (χ2v) is 5.92. The Morgan fingerprint density at radius 3 is 2.67 bits per heavy atom. The Kier molecular flexibility index (Phi) is 2.84. The fourth-order valence-corrected chi connectivity index (χ4v) is 3.26. The molecule has 0 aliphatic heterocycles. The quantitative estimate of drug-likeness (QED) is 0.563. The topological polar surface area (TPSA) is 81.4 Å². The zero-order chi connectivity index (χ0) is 17.2. The third kappa shape index (κ3) is 1.75. The number of nitrogens with zero attached hydrogens (tertiary/aromatic N) is 4. The standard InChI is InChI=1S/C17H16FN5O/c1-8-6-12(18)15(24)9(2)14(8)23-13(19)7-11-16-20-4-5-22(16)10(3)21-17(11)23/h4-7,24H,19H2,1-3H3. The number of nitrogens with two attached hydrogens (primary N) is 1. The minimum Gasteiger partial charge on any atom is -0.505 e. The molecule has 0 radical (unpaired) electrons. The molecule has 1 aromatic carbocycles. The molecule has 0 saturated carbocycles. The van der Waals surface area contributed by atoms with Crippen molar-refractivity contribution in [3.05, 3.63) is 47.3 Å². The number of phenols is 1. The molecular weight excluding hydrogens is 309 g/mol. The average Bonchev–Trinajstić information content (AvgIpc) is 3.12. The van der Waals surface area contributed by atoms with Crippen LogP contribution in [-0.2, 0) is 0 Å². The van der Waals surface area contributed by atoms with E-state index in [4.69, 9.17) is 5.73 Å². The summed E-state index contributed by atoms with van der Waals surface area (Å²) in [6.07, 6.45) is 3.54. The number of hydrogen-bond donors (Lipinski definition) is 2. The number of aromatic nitrogens is 4. The number of nitrogen functional groups attached to an aromatic ring is 1. The number of halogens is 1. The number of rotatable bonds is 1. The van der Waals surface area contributed by atoms with Gasteiger partial charge in [0.1, 0.15) is 17.3 Å². The molecule has 0 atom stereocenters. The van der Waals surface area contributed by atoms with Gasteiger partial charge in [0.05, 0.1) is 11.1 Å². The third-order valence-corrected chi connectivity index (χ3v) is 4.38. The van der Waals surface area contributed by atoms with Crippen LogP contribution >= 0.6 is 0 Å². The van der Waals surface area contributed by atoms with E-state index < -0.39 is 5.82 Å². The van der Waals surface area contributed by atoms with Gasteiger partial charge in [-0.25, -0.2) is 14.4 Å². The van der Waals surface area contributed by atoms with Crippen LogP contribution < -0.4 is 5.73 Å². The van der Waals surface area contributed by atoms with Gasteiger partial charge in [-0.05, 0) is 38.5 Å². The van der Waals surface area contributed by atoms with Gasteiger partial charge in [-0.3, -0.25) is 8.97 Å². The molecule has 3 heterocycles.